The lowest BCUT2D eigenvalue weighted by Crippen LogP contribution is -2.33. The Labute approximate surface area is 279 Å². The molecule has 1 aliphatic rings. The number of hydrogen-bond donors (Lipinski definition) is 1. The van der Waals surface area contributed by atoms with Gasteiger partial charge >= 0.3 is 12.1 Å². The predicted molar refractivity (Wildman–Crippen MR) is 185 cm³/mol. The minimum Gasteiger partial charge on any atom is -0.458 e. The molecule has 2 aromatic carbocycles. The Morgan fingerprint density at radius 1 is 0.870 bits per heavy atom. The molecular formula is C37H51N3O5S. The van der Waals surface area contributed by atoms with Crippen LogP contribution in [0.1, 0.15) is 72.8 Å². The maximum absolute atomic E-state index is 12.3. The molecule has 1 aliphatic carbocycles. The largest absolute Gasteiger partial charge is 0.458 e. The second-order valence-corrected chi connectivity index (χ2v) is 15.3. The molecule has 46 heavy (non-hydrogen) atoms. The predicted octanol–water partition coefficient (Wildman–Crippen LogP) is 8.31. The molecule has 0 spiro atoms. The maximum Gasteiger partial charge on any atom is 0.407 e. The Hall–Kier alpha value is -3.30. The summed E-state index contributed by atoms with van der Waals surface area (Å²) in [7, 11) is 0. The molecule has 8 nitrogen and oxygen atoms in total. The van der Waals surface area contributed by atoms with E-state index in [1.807, 2.05) is 47.6 Å². The summed E-state index contributed by atoms with van der Waals surface area (Å²) in [5.41, 5.74) is 4.47. The monoisotopic (exact) mass is 649 g/mol. The van der Waals surface area contributed by atoms with Crippen molar-refractivity contribution in [1.29, 1.82) is 0 Å². The fourth-order valence-electron chi connectivity index (χ4n) is 5.62. The summed E-state index contributed by atoms with van der Waals surface area (Å²) >= 11 is 1.72. The van der Waals surface area contributed by atoms with Crippen molar-refractivity contribution in [2.45, 2.75) is 96.9 Å². The van der Waals surface area contributed by atoms with Gasteiger partial charge in [-0.15, -0.1) is 11.8 Å². The van der Waals surface area contributed by atoms with Crippen molar-refractivity contribution < 1.29 is 23.8 Å². The lowest BCUT2D eigenvalue weighted by molar-refractivity contribution is -0.160. The molecule has 1 N–H and O–H groups in total. The number of rotatable bonds is 12. The van der Waals surface area contributed by atoms with Gasteiger partial charge in [-0.2, -0.15) is 5.10 Å². The van der Waals surface area contributed by atoms with Crippen LogP contribution in [0, 0.1) is 18.8 Å². The number of aryl methyl sites for hydroxylation is 1. The number of nitrogens with zero attached hydrogens (tertiary/aromatic N) is 2. The Bertz CT molecular complexity index is 1420. The fourth-order valence-corrected chi connectivity index (χ4v) is 6.64. The highest BCUT2D eigenvalue weighted by molar-refractivity contribution is 7.99. The molecule has 0 saturated heterocycles. The quantitative estimate of drug-likeness (QED) is 0.120. The van der Waals surface area contributed by atoms with Crippen molar-refractivity contribution in [2.24, 2.45) is 11.8 Å². The zero-order valence-electron chi connectivity index (χ0n) is 28.6. The molecule has 1 amide bonds. The molecule has 250 valence electrons. The van der Waals surface area contributed by atoms with E-state index in [-0.39, 0.29) is 12.6 Å². The van der Waals surface area contributed by atoms with E-state index < -0.39 is 17.3 Å². The molecule has 0 unspecified atom stereocenters. The number of benzene rings is 2. The van der Waals surface area contributed by atoms with Crippen molar-refractivity contribution in [3.63, 3.8) is 0 Å². The van der Waals surface area contributed by atoms with E-state index in [2.05, 4.69) is 65.5 Å². The first-order valence-electron chi connectivity index (χ1n) is 16.4. The number of nitrogens with one attached hydrogen (secondary N) is 1. The molecular weight excluding hydrogens is 598 g/mol. The summed E-state index contributed by atoms with van der Waals surface area (Å²) in [6.45, 7) is 15.2. The highest BCUT2D eigenvalue weighted by Crippen LogP contribution is 2.41. The molecule has 0 atom stereocenters. The summed E-state index contributed by atoms with van der Waals surface area (Å²) in [6, 6.07) is 19.0. The van der Waals surface area contributed by atoms with Gasteiger partial charge in [0.05, 0.1) is 6.61 Å². The topological polar surface area (TPSA) is 91.7 Å². The number of alkyl carbamates (subject to hydrolysis) is 1. The van der Waals surface area contributed by atoms with Gasteiger partial charge in [0.1, 0.15) is 28.5 Å². The van der Waals surface area contributed by atoms with E-state index >= 15 is 0 Å². The second-order valence-electron chi connectivity index (χ2n) is 14.2. The van der Waals surface area contributed by atoms with Crippen LogP contribution in [0.15, 0.2) is 59.6 Å². The third-order valence-electron chi connectivity index (χ3n) is 7.69. The molecule has 1 saturated carbocycles. The van der Waals surface area contributed by atoms with Crippen LogP contribution in [0.2, 0.25) is 0 Å². The number of thioether (sulfide) groups is 1. The first-order valence-corrected chi connectivity index (χ1v) is 17.4. The van der Waals surface area contributed by atoms with Crippen LogP contribution in [0.5, 0.6) is 0 Å². The molecule has 0 aliphatic heterocycles. The van der Waals surface area contributed by atoms with Crippen LogP contribution in [0.3, 0.4) is 0 Å². The third kappa shape index (κ3) is 11.2. The van der Waals surface area contributed by atoms with Crippen molar-refractivity contribution >= 4 is 23.8 Å². The Kier molecular flexibility index (Phi) is 12.4. The zero-order chi connectivity index (χ0) is 33.3. The molecule has 0 bridgehead atoms. The molecule has 9 heteroatoms. The van der Waals surface area contributed by atoms with Gasteiger partial charge in [0.2, 0.25) is 0 Å². The Morgan fingerprint density at radius 2 is 1.50 bits per heavy atom. The molecule has 4 rings (SSSR count). The number of amides is 1. The van der Waals surface area contributed by atoms with Crippen LogP contribution in [0.4, 0.5) is 4.79 Å². The van der Waals surface area contributed by atoms with Gasteiger partial charge in [-0.25, -0.2) is 9.59 Å². The van der Waals surface area contributed by atoms with Crippen LogP contribution < -0.4 is 5.32 Å². The summed E-state index contributed by atoms with van der Waals surface area (Å²) in [4.78, 5) is 24.3. The molecule has 1 fully saturated rings. The summed E-state index contributed by atoms with van der Waals surface area (Å²) in [5, 5.41) is 9.28. The third-order valence-corrected chi connectivity index (χ3v) is 8.79. The second kappa shape index (κ2) is 16.0. The van der Waals surface area contributed by atoms with Crippen LogP contribution in [0.25, 0.3) is 22.4 Å². The SMILES string of the molecule is Cc1ccc(-c2nn(C[C@H]3CC[C@H](COCC(=O)OC(C)(C)C)CC3)c(SCCNC(=O)OC(C)(C)C)c2-c2ccccc2)cc1. The first kappa shape index (κ1) is 35.6. The van der Waals surface area contributed by atoms with Gasteiger partial charge in [0, 0.05) is 30.0 Å². The van der Waals surface area contributed by atoms with E-state index in [9.17, 15) is 9.59 Å². The number of hydrogen-bond acceptors (Lipinski definition) is 7. The van der Waals surface area contributed by atoms with Crippen molar-refractivity contribution in [2.75, 3.05) is 25.5 Å². The Balaban J connectivity index is 1.49. The highest BCUT2D eigenvalue weighted by Gasteiger charge is 2.27. The van der Waals surface area contributed by atoms with Gasteiger partial charge in [0.15, 0.2) is 0 Å². The van der Waals surface area contributed by atoms with Gasteiger partial charge in [-0.3, -0.25) is 4.68 Å². The fraction of sp³-hybridized carbons (Fsp3) is 0.541. The minimum absolute atomic E-state index is 0.00208. The van der Waals surface area contributed by atoms with E-state index in [0.29, 0.717) is 30.7 Å². The van der Waals surface area contributed by atoms with E-state index in [4.69, 9.17) is 19.3 Å². The average molecular weight is 650 g/mol. The summed E-state index contributed by atoms with van der Waals surface area (Å²) in [6.07, 6.45) is 3.85. The number of esters is 1. The van der Waals surface area contributed by atoms with Crippen LogP contribution in [-0.2, 0) is 25.5 Å². The van der Waals surface area contributed by atoms with Crippen molar-refractivity contribution in [3.8, 4) is 22.4 Å². The molecule has 1 aromatic heterocycles. The number of aromatic nitrogens is 2. The lowest BCUT2D eigenvalue weighted by atomic mass is 9.82. The zero-order valence-corrected chi connectivity index (χ0v) is 29.4. The van der Waals surface area contributed by atoms with Crippen molar-refractivity contribution in [1.82, 2.24) is 15.1 Å². The first-order chi connectivity index (χ1) is 21.8. The number of carbonyl (C=O) groups excluding carboxylic acids is 2. The van der Waals surface area contributed by atoms with Crippen LogP contribution >= 0.6 is 11.8 Å². The van der Waals surface area contributed by atoms with Gasteiger partial charge in [0.25, 0.3) is 0 Å². The molecule has 1 heterocycles. The van der Waals surface area contributed by atoms with Crippen LogP contribution in [-0.4, -0.2) is 58.6 Å². The lowest BCUT2D eigenvalue weighted by Gasteiger charge is -2.28. The highest BCUT2D eigenvalue weighted by atomic mass is 32.2. The van der Waals surface area contributed by atoms with E-state index in [0.717, 1.165) is 59.6 Å². The maximum atomic E-state index is 12.3. The van der Waals surface area contributed by atoms with E-state index in [1.54, 1.807) is 11.8 Å². The van der Waals surface area contributed by atoms with Gasteiger partial charge in [-0.05, 0) is 91.5 Å². The number of carbonyl (C=O) groups is 2. The minimum atomic E-state index is -0.539. The smallest absolute Gasteiger partial charge is 0.407 e. The normalized spacial score (nSPS) is 17.0. The Morgan fingerprint density at radius 3 is 2.13 bits per heavy atom. The van der Waals surface area contributed by atoms with Gasteiger partial charge in [-0.1, -0.05) is 60.2 Å². The summed E-state index contributed by atoms with van der Waals surface area (Å²) in [5.74, 6) is 1.28. The standard InChI is InChI=1S/C37H51N3O5S/c1-26-13-19-30(20-14-26)33-32(29-11-9-8-10-12-29)34(46-22-21-38-35(42)45-37(5,6)7)40(39-33)23-27-15-17-28(18-16-27)24-43-25-31(41)44-36(2,3)4/h8-14,19-20,27-28H,15-18,21-25H2,1-7H3,(H,38,42)/t27-,28-. The van der Waals surface area contributed by atoms with E-state index in [1.165, 1.54) is 5.56 Å². The van der Waals surface area contributed by atoms with Crippen molar-refractivity contribution in [3.05, 3.63) is 60.2 Å². The number of ether oxygens (including phenoxy) is 3. The average Bonchev–Trinajstić information content (AvgIpc) is 3.33. The molecule has 3 aromatic rings. The van der Waals surface area contributed by atoms with Gasteiger partial charge < -0.3 is 19.5 Å². The summed E-state index contributed by atoms with van der Waals surface area (Å²) < 4.78 is 18.7. The molecule has 0 radical (unpaired) electrons.